The Bertz CT molecular complexity index is 881. The van der Waals surface area contributed by atoms with Gasteiger partial charge in [0.1, 0.15) is 12.1 Å². The van der Waals surface area contributed by atoms with Gasteiger partial charge in [-0.3, -0.25) is 19.2 Å². The van der Waals surface area contributed by atoms with Crippen molar-refractivity contribution in [1.29, 1.82) is 5.26 Å². The number of halogens is 3. The van der Waals surface area contributed by atoms with E-state index in [1.54, 1.807) is 0 Å². The fourth-order valence-electron chi connectivity index (χ4n) is 4.76. The molecule has 1 aliphatic carbocycles. The molecule has 0 aromatic rings. The second-order valence-corrected chi connectivity index (χ2v) is 10.6. The SMILES string of the molecule is CC(C)C.CC1(C)C2[C@@H](C(=O)N[C@H](C#N)C[C@@H]3CCNC3=O)N(C(=O)CNC(=O)C(F)(F)F)C[C@@H]21. The highest BCUT2D eigenvalue weighted by Gasteiger charge is 2.69. The lowest BCUT2D eigenvalue weighted by molar-refractivity contribution is -0.174. The van der Waals surface area contributed by atoms with Crippen LogP contribution in [0.1, 0.15) is 47.5 Å². The van der Waals surface area contributed by atoms with E-state index in [1.807, 2.05) is 19.9 Å². The van der Waals surface area contributed by atoms with Crippen LogP contribution in [0.5, 0.6) is 0 Å². The van der Waals surface area contributed by atoms with E-state index in [0.717, 1.165) is 5.92 Å². The van der Waals surface area contributed by atoms with Gasteiger partial charge in [-0.15, -0.1) is 0 Å². The maximum absolute atomic E-state index is 13.0. The van der Waals surface area contributed by atoms with Gasteiger partial charge < -0.3 is 20.9 Å². The Kier molecular flexibility index (Phi) is 8.79. The maximum atomic E-state index is 13.0. The molecule has 0 radical (unpaired) electrons. The van der Waals surface area contributed by atoms with Crippen molar-refractivity contribution in [3.63, 3.8) is 0 Å². The number of amides is 4. The van der Waals surface area contributed by atoms with Crippen molar-refractivity contribution in [2.75, 3.05) is 19.6 Å². The van der Waals surface area contributed by atoms with Crippen molar-refractivity contribution in [2.24, 2.45) is 29.1 Å². The molecule has 1 saturated carbocycles. The second kappa shape index (κ2) is 10.8. The number of likely N-dealkylation sites (tertiary alicyclic amines) is 1. The van der Waals surface area contributed by atoms with E-state index < -0.39 is 48.4 Å². The summed E-state index contributed by atoms with van der Waals surface area (Å²) in [5, 5.41) is 16.2. The average Bonchev–Trinajstić information content (AvgIpc) is 3.10. The lowest BCUT2D eigenvalue weighted by atomic mass is 9.97. The van der Waals surface area contributed by atoms with Crippen molar-refractivity contribution in [1.82, 2.24) is 20.9 Å². The third kappa shape index (κ3) is 6.86. The Labute approximate surface area is 203 Å². The summed E-state index contributed by atoms with van der Waals surface area (Å²) >= 11 is 0. The molecular formula is C23H34F3N5O4. The van der Waals surface area contributed by atoms with Crippen molar-refractivity contribution in [3.05, 3.63) is 0 Å². The average molecular weight is 502 g/mol. The molecule has 3 fully saturated rings. The third-order valence-corrected chi connectivity index (χ3v) is 6.61. The number of carbonyl (C=O) groups excluding carboxylic acids is 4. The number of hydrogen-bond donors (Lipinski definition) is 3. The molecule has 2 heterocycles. The highest BCUT2D eigenvalue weighted by Crippen LogP contribution is 2.64. The lowest BCUT2D eigenvalue weighted by Crippen LogP contribution is -2.54. The lowest BCUT2D eigenvalue weighted by Gasteiger charge is -2.31. The van der Waals surface area contributed by atoms with Crippen molar-refractivity contribution in [2.45, 2.75) is 65.7 Å². The fourth-order valence-corrected chi connectivity index (χ4v) is 4.76. The summed E-state index contributed by atoms with van der Waals surface area (Å²) in [7, 11) is 0. The first-order chi connectivity index (χ1) is 16.1. The minimum absolute atomic E-state index is 0.00772. The Morgan fingerprint density at radius 2 is 1.86 bits per heavy atom. The van der Waals surface area contributed by atoms with Crippen LogP contribution in [-0.4, -0.2) is 66.4 Å². The van der Waals surface area contributed by atoms with Crippen LogP contribution in [0, 0.1) is 40.4 Å². The molecule has 196 valence electrons. The van der Waals surface area contributed by atoms with Gasteiger partial charge in [0, 0.05) is 19.0 Å². The van der Waals surface area contributed by atoms with Gasteiger partial charge in [0.05, 0.1) is 12.6 Å². The quantitative estimate of drug-likeness (QED) is 0.506. The molecule has 0 spiro atoms. The molecule has 3 N–H and O–H groups in total. The molecule has 0 aromatic carbocycles. The molecule has 3 rings (SSSR count). The van der Waals surface area contributed by atoms with E-state index in [9.17, 15) is 37.6 Å². The summed E-state index contributed by atoms with van der Waals surface area (Å²) in [4.78, 5) is 49.4. The first kappa shape index (κ1) is 28.4. The topological polar surface area (TPSA) is 131 Å². The summed E-state index contributed by atoms with van der Waals surface area (Å²) in [5.41, 5.74) is -0.235. The third-order valence-electron chi connectivity index (χ3n) is 6.61. The van der Waals surface area contributed by atoms with Crippen LogP contribution in [0.15, 0.2) is 0 Å². The van der Waals surface area contributed by atoms with Crippen LogP contribution in [0.25, 0.3) is 0 Å². The molecule has 1 unspecified atom stereocenters. The number of nitrogens with one attached hydrogen (secondary N) is 3. The number of alkyl halides is 3. The Morgan fingerprint density at radius 3 is 2.34 bits per heavy atom. The van der Waals surface area contributed by atoms with Crippen LogP contribution in [-0.2, 0) is 19.2 Å². The van der Waals surface area contributed by atoms with Crippen molar-refractivity contribution < 1.29 is 32.3 Å². The van der Waals surface area contributed by atoms with Gasteiger partial charge in [0.15, 0.2) is 0 Å². The Hall–Kier alpha value is -2.84. The molecule has 0 aromatic heterocycles. The van der Waals surface area contributed by atoms with Crippen LogP contribution >= 0.6 is 0 Å². The summed E-state index contributed by atoms with van der Waals surface area (Å²) in [6.07, 6.45) is -4.43. The highest BCUT2D eigenvalue weighted by atomic mass is 19.4. The normalized spacial score (nSPS) is 27.1. The standard InChI is InChI=1S/C19H24F3N5O4.C4H10/c1-18(2)11-8-27(12(28)7-25-17(31)19(20,21)22)14(13(11)18)16(30)26-10(6-23)5-9-3-4-24-15(9)29;1-4(2)3/h9-11,13-14H,3-5,7-8H2,1-2H3,(H,24,29)(H,25,31)(H,26,30);4H,1-3H3/t9-,10-,11-,13?,14-;/m0./s1. The van der Waals surface area contributed by atoms with Crippen LogP contribution < -0.4 is 16.0 Å². The molecule has 2 saturated heterocycles. The minimum Gasteiger partial charge on any atom is -0.356 e. The van der Waals surface area contributed by atoms with Gasteiger partial charge in [-0.25, -0.2) is 0 Å². The molecule has 2 aliphatic heterocycles. The smallest absolute Gasteiger partial charge is 0.356 e. The Balaban J connectivity index is 0.00000100. The van der Waals surface area contributed by atoms with E-state index in [4.69, 9.17) is 0 Å². The molecule has 35 heavy (non-hydrogen) atoms. The van der Waals surface area contributed by atoms with Gasteiger partial charge in [-0.05, 0) is 36.0 Å². The van der Waals surface area contributed by atoms with Crippen LogP contribution in [0.4, 0.5) is 13.2 Å². The van der Waals surface area contributed by atoms with Gasteiger partial charge >= 0.3 is 12.1 Å². The highest BCUT2D eigenvalue weighted by molar-refractivity contribution is 5.92. The number of rotatable bonds is 6. The summed E-state index contributed by atoms with van der Waals surface area (Å²) < 4.78 is 37.1. The second-order valence-electron chi connectivity index (χ2n) is 10.6. The van der Waals surface area contributed by atoms with Crippen molar-refractivity contribution in [3.8, 4) is 6.07 Å². The number of nitrogens with zero attached hydrogens (tertiary/aromatic N) is 2. The fraction of sp³-hybridized carbons (Fsp3) is 0.783. The van der Waals surface area contributed by atoms with E-state index in [-0.39, 0.29) is 36.1 Å². The predicted octanol–water partition coefficient (Wildman–Crippen LogP) is 1.34. The van der Waals surface area contributed by atoms with E-state index >= 15 is 0 Å². The van der Waals surface area contributed by atoms with E-state index in [0.29, 0.717) is 13.0 Å². The summed E-state index contributed by atoms with van der Waals surface area (Å²) in [6.45, 7) is 10.2. The molecule has 4 amide bonds. The first-order valence-electron chi connectivity index (χ1n) is 11.7. The zero-order valence-corrected chi connectivity index (χ0v) is 20.7. The number of piperidine rings is 1. The molecule has 0 bridgehead atoms. The largest absolute Gasteiger partial charge is 0.471 e. The minimum atomic E-state index is -5.11. The van der Waals surface area contributed by atoms with Crippen LogP contribution in [0.2, 0.25) is 0 Å². The molecule has 9 nitrogen and oxygen atoms in total. The van der Waals surface area contributed by atoms with Crippen LogP contribution in [0.3, 0.4) is 0 Å². The number of carbonyl (C=O) groups is 4. The molecule has 5 atom stereocenters. The monoisotopic (exact) mass is 501 g/mol. The Morgan fingerprint density at radius 1 is 1.26 bits per heavy atom. The molecule has 12 heteroatoms. The van der Waals surface area contributed by atoms with Crippen molar-refractivity contribution >= 4 is 23.6 Å². The van der Waals surface area contributed by atoms with Gasteiger partial charge in [-0.1, -0.05) is 34.6 Å². The summed E-state index contributed by atoms with van der Waals surface area (Å²) in [6, 6.07) is 0.0608. The predicted molar refractivity (Wildman–Crippen MR) is 119 cm³/mol. The van der Waals surface area contributed by atoms with Gasteiger partial charge in [0.2, 0.25) is 17.7 Å². The number of hydrogen-bond acceptors (Lipinski definition) is 5. The maximum Gasteiger partial charge on any atom is 0.471 e. The number of nitriles is 1. The molecular weight excluding hydrogens is 467 g/mol. The zero-order chi connectivity index (χ0) is 26.7. The number of fused-ring (bicyclic) bond motifs is 1. The van der Waals surface area contributed by atoms with E-state index in [2.05, 4.69) is 31.4 Å². The first-order valence-corrected chi connectivity index (χ1v) is 11.7. The van der Waals surface area contributed by atoms with Gasteiger partial charge in [-0.2, -0.15) is 18.4 Å². The summed E-state index contributed by atoms with van der Waals surface area (Å²) in [5.74, 6) is -3.57. The van der Waals surface area contributed by atoms with E-state index in [1.165, 1.54) is 10.2 Å². The molecule has 3 aliphatic rings. The zero-order valence-electron chi connectivity index (χ0n) is 20.7. The van der Waals surface area contributed by atoms with Gasteiger partial charge in [0.25, 0.3) is 0 Å².